The number of sulfonamides is 1. The van der Waals surface area contributed by atoms with E-state index in [-0.39, 0.29) is 17.4 Å². The molecule has 108 valence electrons. The molecule has 1 aromatic carbocycles. The molecule has 4 nitrogen and oxygen atoms in total. The Bertz CT molecular complexity index is 670. The number of hydrogen-bond donors (Lipinski definition) is 1. The Hall–Kier alpha value is -0.600. The summed E-state index contributed by atoms with van der Waals surface area (Å²) < 4.78 is 33.2. The molecule has 0 radical (unpaired) electrons. The van der Waals surface area contributed by atoms with E-state index < -0.39 is 10.0 Å². The third-order valence-corrected chi connectivity index (χ3v) is 6.00. The van der Waals surface area contributed by atoms with Gasteiger partial charge in [-0.1, -0.05) is 27.5 Å². The summed E-state index contributed by atoms with van der Waals surface area (Å²) in [7, 11) is -3.50. The summed E-state index contributed by atoms with van der Waals surface area (Å²) in [6.07, 6.45) is 0. The molecule has 20 heavy (non-hydrogen) atoms. The summed E-state index contributed by atoms with van der Waals surface area (Å²) >= 11 is 10.1. The van der Waals surface area contributed by atoms with Gasteiger partial charge in [-0.3, -0.25) is 0 Å². The number of nitrogens with one attached hydrogen (secondary N) is 1. The van der Waals surface area contributed by atoms with Crippen LogP contribution in [0, 0.1) is 0 Å². The molecule has 1 heterocycles. The maximum atomic E-state index is 11.9. The van der Waals surface area contributed by atoms with Crippen LogP contribution < -0.4 is 9.46 Å². The molecule has 0 saturated carbocycles. The van der Waals surface area contributed by atoms with Crippen molar-refractivity contribution in [2.45, 2.75) is 4.21 Å². The summed E-state index contributed by atoms with van der Waals surface area (Å²) in [5.74, 6) is 0.687. The maximum Gasteiger partial charge on any atom is 0.250 e. The summed E-state index contributed by atoms with van der Waals surface area (Å²) in [4.78, 5) is 0. The topological polar surface area (TPSA) is 55.4 Å². The van der Waals surface area contributed by atoms with Crippen molar-refractivity contribution in [2.75, 3.05) is 13.2 Å². The van der Waals surface area contributed by atoms with Gasteiger partial charge in [0.15, 0.2) is 0 Å². The third-order valence-electron chi connectivity index (χ3n) is 2.29. The van der Waals surface area contributed by atoms with E-state index in [2.05, 4.69) is 20.7 Å². The van der Waals surface area contributed by atoms with Crippen LogP contribution in [0.15, 0.2) is 45.1 Å². The normalized spacial score (nSPS) is 11.5. The highest BCUT2D eigenvalue weighted by molar-refractivity contribution is 9.10. The first-order valence-corrected chi connectivity index (χ1v) is 9.08. The quantitative estimate of drug-likeness (QED) is 0.760. The second-order valence-corrected chi connectivity index (χ2v) is 8.38. The molecule has 0 saturated heterocycles. The molecule has 0 aliphatic heterocycles. The van der Waals surface area contributed by atoms with E-state index in [0.29, 0.717) is 10.1 Å². The smallest absolute Gasteiger partial charge is 0.250 e. The molecule has 0 spiro atoms. The molecule has 0 atom stereocenters. The first-order valence-electron chi connectivity index (χ1n) is 5.61. The molecule has 0 fully saturated rings. The van der Waals surface area contributed by atoms with Crippen LogP contribution in [0.25, 0.3) is 0 Å². The molecular formula is C12H11BrClNO3S2. The average molecular weight is 397 g/mol. The van der Waals surface area contributed by atoms with Gasteiger partial charge >= 0.3 is 0 Å². The lowest BCUT2D eigenvalue weighted by Crippen LogP contribution is -2.27. The van der Waals surface area contributed by atoms with Crippen molar-refractivity contribution in [2.24, 2.45) is 0 Å². The van der Waals surface area contributed by atoms with Gasteiger partial charge in [-0.2, -0.15) is 0 Å². The first kappa shape index (κ1) is 15.8. The van der Waals surface area contributed by atoms with Crippen LogP contribution in [0.1, 0.15) is 0 Å². The predicted octanol–water partition coefficient (Wildman–Crippen LogP) is 3.52. The summed E-state index contributed by atoms with van der Waals surface area (Å²) in [5.41, 5.74) is 0. The summed E-state index contributed by atoms with van der Waals surface area (Å²) in [6.45, 7) is 0.438. The van der Waals surface area contributed by atoms with Crippen molar-refractivity contribution >= 4 is 48.9 Å². The van der Waals surface area contributed by atoms with Crippen LogP contribution in [-0.4, -0.2) is 21.6 Å². The van der Waals surface area contributed by atoms with E-state index in [9.17, 15) is 8.42 Å². The monoisotopic (exact) mass is 395 g/mol. The van der Waals surface area contributed by atoms with Crippen molar-refractivity contribution in [3.8, 4) is 5.75 Å². The molecule has 0 amide bonds. The van der Waals surface area contributed by atoms with Gasteiger partial charge < -0.3 is 4.74 Å². The minimum Gasteiger partial charge on any atom is -0.492 e. The predicted molar refractivity (Wildman–Crippen MR) is 84.2 cm³/mol. The Labute approximate surface area is 134 Å². The zero-order chi connectivity index (χ0) is 14.6. The Morgan fingerprint density at radius 1 is 1.20 bits per heavy atom. The second kappa shape index (κ2) is 6.91. The summed E-state index contributed by atoms with van der Waals surface area (Å²) in [5, 5.41) is 0. The third kappa shape index (κ3) is 4.46. The fourth-order valence-corrected chi connectivity index (χ4v) is 4.19. The highest BCUT2D eigenvalue weighted by Gasteiger charge is 2.15. The molecule has 1 N–H and O–H groups in total. The van der Waals surface area contributed by atoms with Gasteiger partial charge in [0.05, 0.1) is 4.34 Å². The molecule has 2 rings (SSSR count). The Morgan fingerprint density at radius 2 is 1.90 bits per heavy atom. The van der Waals surface area contributed by atoms with Gasteiger partial charge in [0.1, 0.15) is 16.6 Å². The van der Waals surface area contributed by atoms with Gasteiger partial charge in [0, 0.05) is 11.0 Å². The van der Waals surface area contributed by atoms with E-state index in [1.165, 1.54) is 6.07 Å². The van der Waals surface area contributed by atoms with Crippen LogP contribution in [0.2, 0.25) is 4.34 Å². The van der Waals surface area contributed by atoms with E-state index in [4.69, 9.17) is 16.3 Å². The molecule has 0 bridgehead atoms. The number of halogens is 2. The van der Waals surface area contributed by atoms with Gasteiger partial charge in [-0.15, -0.1) is 11.3 Å². The second-order valence-electron chi connectivity index (χ2n) is 3.76. The summed E-state index contributed by atoms with van der Waals surface area (Å²) in [6, 6.07) is 10.3. The van der Waals surface area contributed by atoms with Crippen molar-refractivity contribution < 1.29 is 13.2 Å². The Morgan fingerprint density at radius 3 is 2.50 bits per heavy atom. The number of ether oxygens (including phenoxy) is 1. The van der Waals surface area contributed by atoms with Crippen molar-refractivity contribution in [1.29, 1.82) is 0 Å². The van der Waals surface area contributed by atoms with Crippen molar-refractivity contribution in [3.05, 3.63) is 45.2 Å². The highest BCUT2D eigenvalue weighted by Crippen LogP contribution is 2.25. The van der Waals surface area contributed by atoms with Crippen LogP contribution >= 0.6 is 38.9 Å². The molecule has 0 unspecified atom stereocenters. The molecule has 2 aromatic rings. The molecule has 1 aromatic heterocycles. The molecule has 0 aliphatic rings. The number of hydrogen-bond acceptors (Lipinski definition) is 4. The minimum absolute atomic E-state index is 0.188. The van der Waals surface area contributed by atoms with Gasteiger partial charge in [-0.05, 0) is 36.4 Å². The van der Waals surface area contributed by atoms with Gasteiger partial charge in [0.25, 0.3) is 0 Å². The van der Waals surface area contributed by atoms with E-state index in [0.717, 1.165) is 15.8 Å². The lowest BCUT2D eigenvalue weighted by atomic mass is 10.3. The van der Waals surface area contributed by atoms with Crippen LogP contribution in [-0.2, 0) is 10.0 Å². The Kier molecular flexibility index (Phi) is 5.45. The highest BCUT2D eigenvalue weighted by atomic mass is 79.9. The fourth-order valence-electron chi connectivity index (χ4n) is 1.39. The number of thiophene rings is 1. The average Bonchev–Trinajstić information content (AvgIpc) is 2.84. The van der Waals surface area contributed by atoms with E-state index in [1.807, 2.05) is 12.1 Å². The van der Waals surface area contributed by atoms with Crippen LogP contribution in [0.3, 0.4) is 0 Å². The molecular weight excluding hydrogens is 386 g/mol. The minimum atomic E-state index is -3.50. The van der Waals surface area contributed by atoms with Gasteiger partial charge in [0.2, 0.25) is 10.0 Å². The molecule has 0 aliphatic carbocycles. The Balaban J connectivity index is 1.82. The maximum absolute atomic E-state index is 11.9. The SMILES string of the molecule is O=S(=O)(NCCOc1ccc(Br)cc1)c1ccc(Cl)s1. The lowest BCUT2D eigenvalue weighted by molar-refractivity contribution is 0.323. The number of rotatable bonds is 6. The zero-order valence-corrected chi connectivity index (χ0v) is 14.2. The zero-order valence-electron chi connectivity index (χ0n) is 10.2. The van der Waals surface area contributed by atoms with Crippen molar-refractivity contribution in [1.82, 2.24) is 4.72 Å². The largest absolute Gasteiger partial charge is 0.492 e. The van der Waals surface area contributed by atoms with Crippen LogP contribution in [0.5, 0.6) is 5.75 Å². The standard InChI is InChI=1S/C12H11BrClNO3S2/c13-9-1-3-10(4-2-9)18-8-7-15-20(16,17)12-6-5-11(14)19-12/h1-6,15H,7-8H2. The van der Waals surface area contributed by atoms with Crippen LogP contribution in [0.4, 0.5) is 0 Å². The van der Waals surface area contributed by atoms with Crippen molar-refractivity contribution in [3.63, 3.8) is 0 Å². The lowest BCUT2D eigenvalue weighted by Gasteiger charge is -2.07. The van der Waals surface area contributed by atoms with E-state index >= 15 is 0 Å². The first-order chi connectivity index (χ1) is 9.47. The fraction of sp³-hybridized carbons (Fsp3) is 0.167. The molecule has 8 heteroatoms. The number of benzene rings is 1. The van der Waals surface area contributed by atoms with Gasteiger partial charge in [-0.25, -0.2) is 13.1 Å². The van der Waals surface area contributed by atoms with E-state index in [1.54, 1.807) is 18.2 Å².